The van der Waals surface area contributed by atoms with Crippen molar-refractivity contribution >= 4 is 23.5 Å². The van der Waals surface area contributed by atoms with E-state index in [0.717, 1.165) is 18.4 Å². The molecule has 1 aromatic carbocycles. The maximum absolute atomic E-state index is 12.6. The molecule has 0 aliphatic carbocycles. The van der Waals surface area contributed by atoms with Crippen LogP contribution in [0.2, 0.25) is 5.02 Å². The summed E-state index contributed by atoms with van der Waals surface area (Å²) in [5.74, 6) is -2.13. The van der Waals surface area contributed by atoms with Crippen molar-refractivity contribution in [3.63, 3.8) is 0 Å². The minimum Gasteiger partial charge on any atom is -0.478 e. The number of hydrogen-bond acceptors (Lipinski definition) is 3. The van der Waals surface area contributed by atoms with Crippen LogP contribution in [0.25, 0.3) is 0 Å². The number of aliphatic carboxylic acids is 1. The summed E-state index contributed by atoms with van der Waals surface area (Å²) in [6.45, 7) is 2.33. The van der Waals surface area contributed by atoms with E-state index in [9.17, 15) is 14.7 Å². The van der Waals surface area contributed by atoms with Gasteiger partial charge in [-0.3, -0.25) is 4.79 Å². The Morgan fingerprint density at radius 2 is 2.08 bits per heavy atom. The average Bonchev–Trinajstić information content (AvgIpc) is 3.03. The number of hydrogen-bond donors (Lipinski definition) is 2. The highest BCUT2D eigenvalue weighted by Gasteiger charge is 2.41. The number of allylic oxidation sites excluding steroid dienone is 1. The lowest BCUT2D eigenvalue weighted by Gasteiger charge is -2.34. The molecule has 0 bridgehead atoms. The van der Waals surface area contributed by atoms with Gasteiger partial charge in [0.25, 0.3) is 0 Å². The second-order valence-corrected chi connectivity index (χ2v) is 6.78. The molecule has 0 spiro atoms. The lowest BCUT2D eigenvalue weighted by Crippen LogP contribution is -2.42. The van der Waals surface area contributed by atoms with Crippen molar-refractivity contribution < 1.29 is 19.4 Å². The van der Waals surface area contributed by atoms with Crippen LogP contribution in [0.5, 0.6) is 0 Å². The molecule has 2 N–H and O–H groups in total. The van der Waals surface area contributed by atoms with Crippen molar-refractivity contribution in [3.8, 4) is 0 Å². The SMILES string of the molecule is CC1=C(C(=O)O)[C@H](c2ccc(Cl)cc2)C(C[C@H]2CCCO2)C(=O)N1. The van der Waals surface area contributed by atoms with E-state index in [-0.39, 0.29) is 17.6 Å². The first-order chi connectivity index (χ1) is 11.5. The van der Waals surface area contributed by atoms with E-state index in [0.29, 0.717) is 23.7 Å². The number of amides is 1. The van der Waals surface area contributed by atoms with Crippen molar-refractivity contribution in [1.82, 2.24) is 5.32 Å². The molecule has 1 unspecified atom stereocenters. The predicted molar refractivity (Wildman–Crippen MR) is 89.8 cm³/mol. The van der Waals surface area contributed by atoms with E-state index in [1.807, 2.05) is 0 Å². The van der Waals surface area contributed by atoms with Crippen LogP contribution in [-0.4, -0.2) is 29.7 Å². The van der Waals surface area contributed by atoms with Gasteiger partial charge >= 0.3 is 5.97 Å². The summed E-state index contributed by atoms with van der Waals surface area (Å²) in [6, 6.07) is 7.04. The first-order valence-corrected chi connectivity index (χ1v) is 8.47. The zero-order valence-corrected chi connectivity index (χ0v) is 14.2. The molecule has 2 heterocycles. The number of rotatable bonds is 4. The molecule has 2 aliphatic heterocycles. The van der Waals surface area contributed by atoms with Gasteiger partial charge in [0.2, 0.25) is 5.91 Å². The zero-order valence-electron chi connectivity index (χ0n) is 13.4. The van der Waals surface area contributed by atoms with Crippen LogP contribution in [0.3, 0.4) is 0 Å². The third kappa shape index (κ3) is 3.32. The summed E-state index contributed by atoms with van der Waals surface area (Å²) < 4.78 is 5.67. The smallest absolute Gasteiger partial charge is 0.333 e. The summed E-state index contributed by atoms with van der Waals surface area (Å²) in [5.41, 5.74) is 1.42. The molecule has 2 aliphatic rings. The third-order valence-corrected chi connectivity index (χ3v) is 5.02. The topological polar surface area (TPSA) is 75.6 Å². The molecule has 0 saturated carbocycles. The van der Waals surface area contributed by atoms with Crippen molar-refractivity contribution in [1.29, 1.82) is 0 Å². The third-order valence-electron chi connectivity index (χ3n) is 4.77. The van der Waals surface area contributed by atoms with Crippen LogP contribution < -0.4 is 5.32 Å². The molecule has 5 nitrogen and oxygen atoms in total. The van der Waals surface area contributed by atoms with Gasteiger partial charge in [0.05, 0.1) is 17.6 Å². The Labute approximate surface area is 145 Å². The van der Waals surface area contributed by atoms with Crippen molar-refractivity contribution in [3.05, 3.63) is 46.1 Å². The highest BCUT2D eigenvalue weighted by Crippen LogP contribution is 2.40. The first kappa shape index (κ1) is 17.0. The van der Waals surface area contributed by atoms with Gasteiger partial charge in [-0.2, -0.15) is 0 Å². The standard InChI is InChI=1S/C18H20ClNO4/c1-10-15(18(22)23)16(11-4-6-12(19)7-5-11)14(17(21)20-10)9-13-3-2-8-24-13/h4-7,13-14,16H,2-3,8-9H2,1H3,(H,20,21)(H,22,23)/t13-,14?,16-/m1/s1. The fourth-order valence-corrected chi connectivity index (χ4v) is 3.78. The number of carboxylic acid groups (broad SMARTS) is 1. The van der Waals surface area contributed by atoms with Crippen molar-refractivity contribution in [2.24, 2.45) is 5.92 Å². The number of carbonyl (C=O) groups is 2. The summed E-state index contributed by atoms with van der Waals surface area (Å²) in [5, 5.41) is 13.0. The molecule has 1 aromatic rings. The van der Waals surface area contributed by atoms with E-state index in [1.165, 1.54) is 0 Å². The molecule has 3 rings (SSSR count). The minimum atomic E-state index is -1.01. The number of carboxylic acids is 1. The van der Waals surface area contributed by atoms with E-state index >= 15 is 0 Å². The van der Waals surface area contributed by atoms with Crippen molar-refractivity contribution in [2.45, 2.75) is 38.2 Å². The molecule has 24 heavy (non-hydrogen) atoms. The van der Waals surface area contributed by atoms with E-state index in [4.69, 9.17) is 16.3 Å². The summed E-state index contributed by atoms with van der Waals surface area (Å²) in [7, 11) is 0. The van der Waals surface area contributed by atoms with Crippen LogP contribution in [-0.2, 0) is 14.3 Å². The first-order valence-electron chi connectivity index (χ1n) is 8.09. The van der Waals surface area contributed by atoms with E-state index in [1.54, 1.807) is 31.2 Å². The fourth-order valence-electron chi connectivity index (χ4n) is 3.65. The average molecular weight is 350 g/mol. The summed E-state index contributed by atoms with van der Waals surface area (Å²) >= 11 is 5.95. The monoisotopic (exact) mass is 349 g/mol. The minimum absolute atomic E-state index is 0.00370. The maximum Gasteiger partial charge on any atom is 0.333 e. The summed E-state index contributed by atoms with van der Waals surface area (Å²) in [6.07, 6.45) is 2.40. The number of nitrogens with one attached hydrogen (secondary N) is 1. The van der Waals surface area contributed by atoms with Crippen LogP contribution in [0.4, 0.5) is 0 Å². The second-order valence-electron chi connectivity index (χ2n) is 6.34. The Kier molecular flexibility index (Phi) is 4.92. The highest BCUT2D eigenvalue weighted by molar-refractivity contribution is 6.30. The Balaban J connectivity index is 2.02. The number of halogens is 1. The van der Waals surface area contributed by atoms with Crippen LogP contribution in [0.1, 0.15) is 37.7 Å². The van der Waals surface area contributed by atoms with Crippen LogP contribution in [0, 0.1) is 5.92 Å². The molecule has 6 heteroatoms. The molecule has 1 amide bonds. The van der Waals surface area contributed by atoms with Gasteiger partial charge in [-0.15, -0.1) is 0 Å². The second kappa shape index (κ2) is 6.95. The Morgan fingerprint density at radius 3 is 2.67 bits per heavy atom. The number of ether oxygens (including phenoxy) is 1. The largest absolute Gasteiger partial charge is 0.478 e. The predicted octanol–water partition coefficient (Wildman–Crippen LogP) is 3.10. The Morgan fingerprint density at radius 1 is 1.38 bits per heavy atom. The van der Waals surface area contributed by atoms with E-state index in [2.05, 4.69) is 5.32 Å². The van der Waals surface area contributed by atoms with Crippen molar-refractivity contribution in [2.75, 3.05) is 6.61 Å². The maximum atomic E-state index is 12.6. The number of benzene rings is 1. The normalized spacial score (nSPS) is 27.2. The van der Waals surface area contributed by atoms with Gasteiger partial charge in [-0.1, -0.05) is 23.7 Å². The molecule has 3 atom stereocenters. The fraction of sp³-hybridized carbons (Fsp3) is 0.444. The zero-order chi connectivity index (χ0) is 17.3. The quantitative estimate of drug-likeness (QED) is 0.875. The lowest BCUT2D eigenvalue weighted by molar-refractivity contribution is -0.134. The molecule has 0 radical (unpaired) electrons. The molecule has 0 aromatic heterocycles. The van der Waals surface area contributed by atoms with Gasteiger partial charge in [0.15, 0.2) is 0 Å². The van der Waals surface area contributed by atoms with Crippen LogP contribution in [0.15, 0.2) is 35.5 Å². The number of carbonyl (C=O) groups excluding carboxylic acids is 1. The van der Waals surface area contributed by atoms with Crippen LogP contribution >= 0.6 is 11.6 Å². The molecular weight excluding hydrogens is 330 g/mol. The molecule has 128 valence electrons. The van der Waals surface area contributed by atoms with Gasteiger partial charge in [0.1, 0.15) is 0 Å². The Hall–Kier alpha value is -1.85. The van der Waals surface area contributed by atoms with E-state index < -0.39 is 17.8 Å². The van der Waals surface area contributed by atoms with Gasteiger partial charge in [0, 0.05) is 23.2 Å². The van der Waals surface area contributed by atoms with Gasteiger partial charge in [-0.25, -0.2) is 4.79 Å². The molecule has 1 saturated heterocycles. The summed E-state index contributed by atoms with van der Waals surface area (Å²) in [4.78, 5) is 24.4. The molecule has 1 fully saturated rings. The van der Waals surface area contributed by atoms with Gasteiger partial charge in [-0.05, 0) is 43.9 Å². The molecular formula is C18H20ClNO4. The highest BCUT2D eigenvalue weighted by atomic mass is 35.5. The Bertz CT molecular complexity index is 677. The lowest BCUT2D eigenvalue weighted by atomic mass is 9.74. The van der Waals surface area contributed by atoms with Gasteiger partial charge < -0.3 is 15.2 Å².